The largest absolute Gasteiger partial charge is 0.416 e. The lowest BCUT2D eigenvalue weighted by Crippen LogP contribution is -2.45. The summed E-state index contributed by atoms with van der Waals surface area (Å²) in [7, 11) is 1.64. The van der Waals surface area contributed by atoms with Crippen molar-refractivity contribution in [1.82, 2.24) is 5.32 Å². The Morgan fingerprint density at radius 3 is 2.76 bits per heavy atom. The molecule has 1 aromatic rings. The van der Waals surface area contributed by atoms with Gasteiger partial charge in [-0.2, -0.15) is 13.2 Å². The van der Waals surface area contributed by atoms with Gasteiger partial charge in [-0.05, 0) is 31.2 Å². The van der Waals surface area contributed by atoms with E-state index >= 15 is 0 Å². The molecule has 1 fully saturated rings. The molecule has 1 saturated heterocycles. The van der Waals surface area contributed by atoms with Crippen molar-refractivity contribution < 1.29 is 17.9 Å². The van der Waals surface area contributed by atoms with E-state index in [1.165, 1.54) is 6.07 Å². The highest BCUT2D eigenvalue weighted by molar-refractivity contribution is 5.53. The van der Waals surface area contributed by atoms with Crippen LogP contribution in [-0.2, 0) is 17.5 Å². The molecule has 0 amide bonds. The molecule has 6 heteroatoms. The van der Waals surface area contributed by atoms with Crippen LogP contribution in [0.1, 0.15) is 24.5 Å². The zero-order chi connectivity index (χ0) is 15.5. The second kappa shape index (κ2) is 6.66. The number of nitrogens with zero attached hydrogens (tertiary/aromatic N) is 1. The summed E-state index contributed by atoms with van der Waals surface area (Å²) in [5.74, 6) is 0. The van der Waals surface area contributed by atoms with Crippen molar-refractivity contribution in [3.63, 3.8) is 0 Å². The summed E-state index contributed by atoms with van der Waals surface area (Å²) in [5, 5.41) is 2.78. The maximum atomic E-state index is 13.2. The molecule has 3 nitrogen and oxygen atoms in total. The van der Waals surface area contributed by atoms with E-state index < -0.39 is 11.7 Å². The number of hydrogen-bond donors (Lipinski definition) is 1. The Morgan fingerprint density at radius 1 is 1.38 bits per heavy atom. The van der Waals surface area contributed by atoms with Gasteiger partial charge in [0.25, 0.3) is 0 Å². The predicted molar refractivity (Wildman–Crippen MR) is 76.5 cm³/mol. The van der Waals surface area contributed by atoms with Gasteiger partial charge in [0.05, 0.1) is 24.8 Å². The number of hydrogen-bond acceptors (Lipinski definition) is 3. The van der Waals surface area contributed by atoms with E-state index in [2.05, 4.69) is 5.32 Å². The van der Waals surface area contributed by atoms with Crippen molar-refractivity contribution in [2.45, 2.75) is 32.1 Å². The van der Waals surface area contributed by atoms with Gasteiger partial charge < -0.3 is 15.0 Å². The first-order valence-corrected chi connectivity index (χ1v) is 7.16. The maximum Gasteiger partial charge on any atom is 0.416 e. The first-order valence-electron chi connectivity index (χ1n) is 7.16. The summed E-state index contributed by atoms with van der Waals surface area (Å²) in [6.07, 6.45) is -3.49. The van der Waals surface area contributed by atoms with Crippen LogP contribution in [0, 0.1) is 0 Å². The predicted octanol–water partition coefficient (Wildman–Crippen LogP) is 3.04. The van der Waals surface area contributed by atoms with Crippen LogP contribution < -0.4 is 10.2 Å². The van der Waals surface area contributed by atoms with E-state index in [0.717, 1.165) is 6.42 Å². The van der Waals surface area contributed by atoms with E-state index in [-0.39, 0.29) is 18.2 Å². The lowest BCUT2D eigenvalue weighted by atomic mass is 10.0. The molecular formula is C15H21F3N2O. The SMILES string of the molecule is CCC1COCCN1c1ccc(CNC)c(C(F)(F)F)c1. The Bertz CT molecular complexity index is 476. The Balaban J connectivity index is 2.36. The van der Waals surface area contributed by atoms with Gasteiger partial charge in [-0.3, -0.25) is 0 Å². The van der Waals surface area contributed by atoms with Crippen LogP contribution in [0.25, 0.3) is 0 Å². The third-order valence-corrected chi connectivity index (χ3v) is 3.80. The highest BCUT2D eigenvalue weighted by Crippen LogP contribution is 2.35. The Labute approximate surface area is 123 Å². The summed E-state index contributed by atoms with van der Waals surface area (Å²) < 4.78 is 45.1. The lowest BCUT2D eigenvalue weighted by Gasteiger charge is -2.37. The molecule has 2 rings (SSSR count). The number of morpholine rings is 1. The zero-order valence-corrected chi connectivity index (χ0v) is 12.3. The average molecular weight is 302 g/mol. The molecule has 0 aromatic heterocycles. The second-order valence-corrected chi connectivity index (χ2v) is 5.20. The second-order valence-electron chi connectivity index (χ2n) is 5.20. The van der Waals surface area contributed by atoms with E-state index in [0.29, 0.717) is 25.4 Å². The fraction of sp³-hybridized carbons (Fsp3) is 0.600. The Morgan fingerprint density at radius 2 is 2.14 bits per heavy atom. The molecule has 1 heterocycles. The third kappa shape index (κ3) is 3.68. The summed E-state index contributed by atoms with van der Waals surface area (Å²) in [5.41, 5.74) is 0.336. The number of benzene rings is 1. The number of nitrogens with one attached hydrogen (secondary N) is 1. The van der Waals surface area contributed by atoms with Gasteiger partial charge in [-0.15, -0.1) is 0 Å². The molecule has 21 heavy (non-hydrogen) atoms. The monoisotopic (exact) mass is 302 g/mol. The van der Waals surface area contributed by atoms with Crippen molar-refractivity contribution in [3.8, 4) is 0 Å². The standard InChI is InChI=1S/C15H21F3N2O/c1-3-12-10-21-7-6-20(12)13-5-4-11(9-19-2)14(8-13)15(16,17)18/h4-5,8,12,19H,3,6-7,9-10H2,1-2H3. The zero-order valence-electron chi connectivity index (χ0n) is 12.3. The Kier molecular flexibility index (Phi) is 5.11. The first-order chi connectivity index (χ1) is 9.97. The highest BCUT2D eigenvalue weighted by Gasteiger charge is 2.34. The number of halogens is 3. The molecule has 118 valence electrons. The fourth-order valence-corrected chi connectivity index (χ4v) is 2.68. The van der Waals surface area contributed by atoms with Crippen LogP contribution in [-0.4, -0.2) is 32.8 Å². The number of rotatable bonds is 4. The molecular weight excluding hydrogens is 281 g/mol. The minimum atomic E-state index is -4.34. The van der Waals surface area contributed by atoms with Gasteiger partial charge >= 0.3 is 6.18 Å². The fourth-order valence-electron chi connectivity index (χ4n) is 2.68. The lowest BCUT2D eigenvalue weighted by molar-refractivity contribution is -0.138. The van der Waals surface area contributed by atoms with Gasteiger partial charge in [-0.1, -0.05) is 13.0 Å². The van der Waals surface area contributed by atoms with Crippen molar-refractivity contribution >= 4 is 5.69 Å². The quantitative estimate of drug-likeness (QED) is 0.925. The average Bonchev–Trinajstić information content (AvgIpc) is 2.47. The molecule has 1 N–H and O–H groups in total. The first kappa shape index (κ1) is 16.1. The summed E-state index contributed by atoms with van der Waals surface area (Å²) in [4.78, 5) is 2.02. The van der Waals surface area contributed by atoms with Gasteiger partial charge in [0.1, 0.15) is 0 Å². The van der Waals surface area contributed by atoms with Crippen LogP contribution in [0.4, 0.5) is 18.9 Å². The summed E-state index contributed by atoms with van der Waals surface area (Å²) >= 11 is 0. The van der Waals surface area contributed by atoms with Crippen molar-refractivity contribution in [2.75, 3.05) is 31.7 Å². The van der Waals surface area contributed by atoms with Crippen LogP contribution in [0.15, 0.2) is 18.2 Å². The molecule has 1 atom stereocenters. The van der Waals surface area contributed by atoms with Gasteiger partial charge in [0, 0.05) is 18.8 Å². The van der Waals surface area contributed by atoms with Crippen molar-refractivity contribution in [2.24, 2.45) is 0 Å². The maximum absolute atomic E-state index is 13.2. The van der Waals surface area contributed by atoms with Gasteiger partial charge in [0.2, 0.25) is 0 Å². The van der Waals surface area contributed by atoms with Crippen molar-refractivity contribution in [1.29, 1.82) is 0 Å². The van der Waals surface area contributed by atoms with Crippen LogP contribution in [0.3, 0.4) is 0 Å². The van der Waals surface area contributed by atoms with Crippen LogP contribution >= 0.6 is 0 Å². The number of anilines is 1. The van der Waals surface area contributed by atoms with Gasteiger partial charge in [-0.25, -0.2) is 0 Å². The number of ether oxygens (including phenoxy) is 1. The van der Waals surface area contributed by atoms with Crippen molar-refractivity contribution in [3.05, 3.63) is 29.3 Å². The molecule has 0 bridgehead atoms. The van der Waals surface area contributed by atoms with Crippen LogP contribution in [0.2, 0.25) is 0 Å². The number of alkyl halides is 3. The van der Waals surface area contributed by atoms with E-state index in [4.69, 9.17) is 4.74 Å². The summed E-state index contributed by atoms with van der Waals surface area (Å²) in [6, 6.07) is 4.74. The molecule has 1 aliphatic rings. The summed E-state index contributed by atoms with van der Waals surface area (Å²) in [6.45, 7) is 3.97. The van der Waals surface area contributed by atoms with Gasteiger partial charge in [0.15, 0.2) is 0 Å². The molecule has 0 saturated carbocycles. The highest BCUT2D eigenvalue weighted by atomic mass is 19.4. The molecule has 1 aliphatic heterocycles. The normalized spacial score (nSPS) is 19.9. The van der Waals surface area contributed by atoms with E-state index in [1.54, 1.807) is 19.2 Å². The minimum Gasteiger partial charge on any atom is -0.377 e. The smallest absolute Gasteiger partial charge is 0.377 e. The van der Waals surface area contributed by atoms with E-state index in [9.17, 15) is 13.2 Å². The van der Waals surface area contributed by atoms with Crippen LogP contribution in [0.5, 0.6) is 0 Å². The third-order valence-electron chi connectivity index (χ3n) is 3.80. The molecule has 0 spiro atoms. The minimum absolute atomic E-state index is 0.134. The molecule has 0 aliphatic carbocycles. The molecule has 1 unspecified atom stereocenters. The molecule has 1 aromatic carbocycles. The molecule has 0 radical (unpaired) electrons. The van der Waals surface area contributed by atoms with E-state index in [1.807, 2.05) is 11.8 Å². The topological polar surface area (TPSA) is 24.5 Å². The Hall–Kier alpha value is -1.27.